The van der Waals surface area contributed by atoms with Gasteiger partial charge in [0.1, 0.15) is 0 Å². The number of hydrogen-bond acceptors (Lipinski definition) is 0. The quantitative estimate of drug-likeness (QED) is 0.662. The zero-order valence-corrected chi connectivity index (χ0v) is 10.7. The van der Waals surface area contributed by atoms with Gasteiger partial charge in [0.2, 0.25) is 0 Å². The maximum absolute atomic E-state index is 6.02. The molecule has 0 aromatic carbocycles. The van der Waals surface area contributed by atoms with Crippen molar-refractivity contribution in [3.63, 3.8) is 0 Å². The molecule has 2 aliphatic rings. The van der Waals surface area contributed by atoms with Crippen LogP contribution in [0, 0.1) is 0 Å². The van der Waals surface area contributed by atoms with Crippen LogP contribution in [0.1, 0.15) is 12.8 Å². The Morgan fingerprint density at radius 2 is 1.50 bits per heavy atom. The summed E-state index contributed by atoms with van der Waals surface area (Å²) in [7, 11) is 0. The van der Waals surface area contributed by atoms with Crippen LogP contribution in [0.3, 0.4) is 0 Å². The standard InChI is InChI=1S/2C5H5.CCl2.Ti/c2*1-2-4-5-3-1;2-1-3;/h2*1-3H,4H2;;. The van der Waals surface area contributed by atoms with E-state index in [1.807, 2.05) is 0 Å². The van der Waals surface area contributed by atoms with Crippen molar-refractivity contribution in [2.24, 2.45) is 0 Å². The van der Waals surface area contributed by atoms with Crippen LogP contribution in [0.25, 0.3) is 0 Å². The molecule has 0 radical (unpaired) electrons. The zero-order chi connectivity index (χ0) is 9.97. The van der Waals surface area contributed by atoms with E-state index in [-0.39, 0.29) is 0 Å². The number of halogens is 2. The fourth-order valence-corrected chi connectivity index (χ4v) is 6.94. The number of allylic oxidation sites excluding steroid dienone is 8. The van der Waals surface area contributed by atoms with Crippen molar-refractivity contribution in [2.75, 3.05) is 0 Å². The summed E-state index contributed by atoms with van der Waals surface area (Å²) in [4.78, 5) is 0. The van der Waals surface area contributed by atoms with Crippen LogP contribution in [0.4, 0.5) is 0 Å². The van der Waals surface area contributed by atoms with E-state index in [0.29, 0.717) is 2.73 Å². The van der Waals surface area contributed by atoms with Crippen LogP contribution in [-0.2, 0) is 17.4 Å². The molecule has 0 aromatic heterocycles. The van der Waals surface area contributed by atoms with Crippen molar-refractivity contribution in [2.45, 2.75) is 12.8 Å². The summed E-state index contributed by atoms with van der Waals surface area (Å²) in [5, 5.41) is 0. The van der Waals surface area contributed by atoms with Crippen molar-refractivity contribution in [3.8, 4) is 0 Å². The molecule has 0 bridgehead atoms. The van der Waals surface area contributed by atoms with Gasteiger partial charge in [-0.3, -0.25) is 0 Å². The SMILES string of the molecule is Cl[C](Cl)=[Ti]([C]1=CC=CC1)[C]1=CC=CC1. The Hall–Kier alpha value is 0.124. The second kappa shape index (κ2) is 4.76. The van der Waals surface area contributed by atoms with Crippen molar-refractivity contribution >= 4 is 25.9 Å². The van der Waals surface area contributed by atoms with Gasteiger partial charge in [-0.25, -0.2) is 0 Å². The minimum atomic E-state index is -1.66. The monoisotopic (exact) mass is 260 g/mol. The van der Waals surface area contributed by atoms with Gasteiger partial charge in [0.15, 0.2) is 0 Å². The first-order valence-corrected chi connectivity index (χ1v) is 7.66. The molecule has 0 N–H and O–H groups in total. The first kappa shape index (κ1) is 10.6. The van der Waals surface area contributed by atoms with Crippen molar-refractivity contribution in [1.29, 1.82) is 0 Å². The van der Waals surface area contributed by atoms with Crippen LogP contribution in [0.2, 0.25) is 0 Å². The molecule has 3 heteroatoms. The Morgan fingerprint density at radius 1 is 1.00 bits per heavy atom. The molecule has 0 unspecified atom stereocenters. The average molecular weight is 261 g/mol. The molecule has 2 rings (SSSR count). The van der Waals surface area contributed by atoms with Crippen LogP contribution >= 0.6 is 23.2 Å². The van der Waals surface area contributed by atoms with Gasteiger partial charge in [0.05, 0.1) is 0 Å². The summed E-state index contributed by atoms with van der Waals surface area (Å²) in [6, 6.07) is 0. The summed E-state index contributed by atoms with van der Waals surface area (Å²) < 4.78 is 3.54. The maximum atomic E-state index is 6.02. The first-order chi connectivity index (χ1) is 6.79. The fraction of sp³-hybridized carbons (Fsp3) is 0.182. The summed E-state index contributed by atoms with van der Waals surface area (Å²) in [5.74, 6) is 0. The molecule has 0 saturated heterocycles. The molecule has 0 amide bonds. The summed E-state index contributed by atoms with van der Waals surface area (Å²) >= 11 is 10.4. The second-order valence-corrected chi connectivity index (χ2v) is 9.18. The van der Waals surface area contributed by atoms with Gasteiger partial charge in [0, 0.05) is 0 Å². The van der Waals surface area contributed by atoms with Crippen molar-refractivity contribution in [1.82, 2.24) is 0 Å². The van der Waals surface area contributed by atoms with Crippen LogP contribution < -0.4 is 0 Å². The molecule has 0 fully saturated rings. The minimum absolute atomic E-state index is 0.620. The first-order valence-electron chi connectivity index (χ1n) is 4.56. The third kappa shape index (κ3) is 2.20. The molecular formula is C11H10Cl2Ti. The van der Waals surface area contributed by atoms with Crippen LogP contribution in [-0.4, -0.2) is 2.73 Å². The van der Waals surface area contributed by atoms with E-state index < -0.39 is 17.4 Å². The molecule has 0 heterocycles. The number of rotatable bonds is 2. The molecular weight excluding hydrogens is 251 g/mol. The van der Waals surface area contributed by atoms with Gasteiger partial charge in [-0.05, 0) is 0 Å². The Kier molecular flexibility index (Phi) is 3.62. The topological polar surface area (TPSA) is 0 Å². The molecule has 0 atom stereocenters. The molecule has 0 aromatic rings. The second-order valence-electron chi connectivity index (χ2n) is 3.28. The van der Waals surface area contributed by atoms with Crippen molar-refractivity contribution in [3.05, 3.63) is 44.2 Å². The van der Waals surface area contributed by atoms with Crippen LogP contribution in [0.15, 0.2) is 44.2 Å². The van der Waals surface area contributed by atoms with Gasteiger partial charge < -0.3 is 0 Å². The predicted octanol–water partition coefficient (Wildman–Crippen LogP) is 3.86. The van der Waals surface area contributed by atoms with Gasteiger partial charge in [-0.1, -0.05) is 0 Å². The average Bonchev–Trinajstić information content (AvgIpc) is 2.75. The molecule has 0 spiro atoms. The normalized spacial score (nSPS) is 18.4. The Bertz CT molecular complexity index is 362. The van der Waals surface area contributed by atoms with E-state index in [2.05, 4.69) is 36.5 Å². The van der Waals surface area contributed by atoms with E-state index in [4.69, 9.17) is 23.2 Å². The third-order valence-corrected chi connectivity index (χ3v) is 7.69. The molecule has 0 nitrogen and oxygen atoms in total. The zero-order valence-electron chi connectivity index (χ0n) is 7.63. The molecule has 72 valence electrons. The van der Waals surface area contributed by atoms with E-state index >= 15 is 0 Å². The van der Waals surface area contributed by atoms with E-state index in [9.17, 15) is 0 Å². The van der Waals surface area contributed by atoms with Gasteiger partial charge >= 0.3 is 100 Å². The van der Waals surface area contributed by atoms with Gasteiger partial charge in [-0.2, -0.15) is 0 Å². The summed E-state index contributed by atoms with van der Waals surface area (Å²) in [6.07, 6.45) is 15.0. The molecule has 14 heavy (non-hydrogen) atoms. The fourth-order valence-electron chi connectivity index (χ4n) is 1.71. The Labute approximate surface area is 99.9 Å². The third-order valence-electron chi connectivity index (χ3n) is 2.37. The van der Waals surface area contributed by atoms with Gasteiger partial charge in [0.25, 0.3) is 0 Å². The van der Waals surface area contributed by atoms with Gasteiger partial charge in [-0.15, -0.1) is 0 Å². The van der Waals surface area contributed by atoms with Crippen molar-refractivity contribution < 1.29 is 17.4 Å². The van der Waals surface area contributed by atoms with E-state index in [0.717, 1.165) is 12.8 Å². The summed E-state index contributed by atoms with van der Waals surface area (Å²) in [6.45, 7) is 0. The van der Waals surface area contributed by atoms with E-state index in [1.54, 1.807) is 0 Å². The number of hydrogen-bond donors (Lipinski definition) is 0. The molecule has 0 saturated carbocycles. The van der Waals surface area contributed by atoms with E-state index in [1.165, 1.54) is 7.76 Å². The van der Waals surface area contributed by atoms with Crippen LogP contribution in [0.5, 0.6) is 0 Å². The molecule has 0 aliphatic heterocycles. The molecule has 2 aliphatic carbocycles. The Morgan fingerprint density at radius 3 is 1.79 bits per heavy atom. The Balaban J connectivity index is 2.31. The summed E-state index contributed by atoms with van der Waals surface area (Å²) in [5.41, 5.74) is 0. The predicted molar refractivity (Wildman–Crippen MR) is 60.4 cm³/mol.